The maximum atomic E-state index is 12.9. The first-order valence-corrected chi connectivity index (χ1v) is 8.50. The summed E-state index contributed by atoms with van der Waals surface area (Å²) in [6.45, 7) is 2.13. The summed E-state index contributed by atoms with van der Waals surface area (Å²) in [6.07, 6.45) is 0. The first kappa shape index (κ1) is 18.5. The predicted molar refractivity (Wildman–Crippen MR) is 104 cm³/mol. The van der Waals surface area contributed by atoms with E-state index in [4.69, 9.17) is 14.2 Å². The average Bonchev–Trinajstić information content (AvgIpc) is 2.70. The third-order valence-electron chi connectivity index (χ3n) is 4.33. The van der Waals surface area contributed by atoms with E-state index in [1.807, 2.05) is 31.2 Å². The van der Waals surface area contributed by atoms with Crippen LogP contribution in [0.5, 0.6) is 17.2 Å². The lowest BCUT2D eigenvalue weighted by molar-refractivity contribution is 0.0952. The zero-order valence-corrected chi connectivity index (χ0v) is 15.8. The molecule has 27 heavy (non-hydrogen) atoms. The summed E-state index contributed by atoms with van der Waals surface area (Å²) in [5, 5.41) is 3.77. The van der Waals surface area contributed by atoms with Gasteiger partial charge in [0, 0.05) is 23.2 Å². The monoisotopic (exact) mass is 366 g/mol. The van der Waals surface area contributed by atoms with Gasteiger partial charge in [-0.05, 0) is 19.1 Å². The summed E-state index contributed by atoms with van der Waals surface area (Å²) in [4.78, 5) is 17.3. The maximum Gasteiger partial charge on any atom is 0.252 e. The van der Waals surface area contributed by atoms with Crippen LogP contribution in [0.15, 0.2) is 42.5 Å². The molecule has 6 nitrogen and oxygen atoms in total. The fraction of sp³-hybridized carbons (Fsp3) is 0.238. The number of aryl methyl sites for hydroxylation is 1. The van der Waals surface area contributed by atoms with Crippen LogP contribution in [-0.4, -0.2) is 32.2 Å². The molecule has 0 saturated heterocycles. The van der Waals surface area contributed by atoms with Crippen molar-refractivity contribution in [3.8, 4) is 17.2 Å². The van der Waals surface area contributed by atoms with Gasteiger partial charge < -0.3 is 19.5 Å². The summed E-state index contributed by atoms with van der Waals surface area (Å²) in [5.74, 6) is 1.61. The topological polar surface area (TPSA) is 69.7 Å². The van der Waals surface area contributed by atoms with Crippen molar-refractivity contribution in [2.24, 2.45) is 0 Å². The second-order valence-corrected chi connectivity index (χ2v) is 6.02. The van der Waals surface area contributed by atoms with Gasteiger partial charge >= 0.3 is 0 Å². The molecule has 140 valence electrons. The highest BCUT2D eigenvalue weighted by molar-refractivity contribution is 6.06. The molecule has 1 N–H and O–H groups in total. The van der Waals surface area contributed by atoms with Gasteiger partial charge in [-0.25, -0.2) is 0 Å². The predicted octanol–water partition coefficient (Wildman–Crippen LogP) is 3.50. The van der Waals surface area contributed by atoms with Crippen molar-refractivity contribution < 1.29 is 19.0 Å². The largest absolute Gasteiger partial charge is 0.496 e. The summed E-state index contributed by atoms with van der Waals surface area (Å²) in [5.41, 5.74) is 2.91. The average molecular weight is 366 g/mol. The third-order valence-corrected chi connectivity index (χ3v) is 4.33. The summed E-state index contributed by atoms with van der Waals surface area (Å²) in [6, 6.07) is 12.9. The Morgan fingerprint density at radius 3 is 2.30 bits per heavy atom. The van der Waals surface area contributed by atoms with Crippen LogP contribution >= 0.6 is 0 Å². The van der Waals surface area contributed by atoms with E-state index >= 15 is 0 Å². The Labute approximate surface area is 158 Å². The fourth-order valence-corrected chi connectivity index (χ4v) is 3.01. The third kappa shape index (κ3) is 3.79. The first-order chi connectivity index (χ1) is 13.1. The van der Waals surface area contributed by atoms with Gasteiger partial charge in [0.15, 0.2) is 0 Å². The van der Waals surface area contributed by atoms with Crippen molar-refractivity contribution in [2.45, 2.75) is 13.5 Å². The molecule has 0 atom stereocenters. The molecule has 0 spiro atoms. The highest BCUT2D eigenvalue weighted by Gasteiger charge is 2.16. The number of benzene rings is 2. The molecule has 3 rings (SSSR count). The molecule has 0 aliphatic carbocycles. The number of ether oxygens (including phenoxy) is 3. The number of methoxy groups -OCH3 is 3. The van der Waals surface area contributed by atoms with Crippen LogP contribution in [0.3, 0.4) is 0 Å². The molecule has 3 aromatic rings. The molecule has 0 saturated carbocycles. The van der Waals surface area contributed by atoms with E-state index in [0.717, 1.165) is 22.2 Å². The molecule has 0 unspecified atom stereocenters. The van der Waals surface area contributed by atoms with E-state index in [1.165, 1.54) is 0 Å². The lowest BCUT2D eigenvalue weighted by atomic mass is 10.1. The van der Waals surface area contributed by atoms with E-state index in [2.05, 4.69) is 10.3 Å². The number of nitrogens with zero attached hydrogens (tertiary/aromatic N) is 1. The highest BCUT2D eigenvalue weighted by atomic mass is 16.5. The van der Waals surface area contributed by atoms with E-state index in [0.29, 0.717) is 22.8 Å². The fourth-order valence-electron chi connectivity index (χ4n) is 3.01. The number of hydrogen-bond acceptors (Lipinski definition) is 5. The van der Waals surface area contributed by atoms with Gasteiger partial charge in [-0.15, -0.1) is 0 Å². The number of para-hydroxylation sites is 1. The van der Waals surface area contributed by atoms with Crippen LogP contribution in [0.25, 0.3) is 10.9 Å². The Balaban J connectivity index is 1.91. The minimum Gasteiger partial charge on any atom is -0.496 e. The number of amides is 1. The Morgan fingerprint density at radius 2 is 1.67 bits per heavy atom. The molecule has 1 amide bonds. The van der Waals surface area contributed by atoms with E-state index < -0.39 is 0 Å². The number of fused-ring (bicyclic) bond motifs is 1. The summed E-state index contributed by atoms with van der Waals surface area (Å²) >= 11 is 0. The SMILES string of the molecule is COc1cc(OC)c(CNC(=O)c2cc(C)nc3ccccc23)c(OC)c1. The molecular weight excluding hydrogens is 344 g/mol. The minimum absolute atomic E-state index is 0.184. The number of pyridine rings is 1. The van der Waals surface area contributed by atoms with Gasteiger partial charge in [-0.3, -0.25) is 9.78 Å². The normalized spacial score (nSPS) is 10.5. The molecule has 1 aromatic heterocycles. The van der Waals surface area contributed by atoms with Crippen molar-refractivity contribution in [3.05, 3.63) is 59.3 Å². The summed E-state index contributed by atoms with van der Waals surface area (Å²) in [7, 11) is 4.71. The molecule has 0 aliphatic heterocycles. The van der Waals surface area contributed by atoms with E-state index in [-0.39, 0.29) is 12.5 Å². The van der Waals surface area contributed by atoms with Crippen LogP contribution in [0.1, 0.15) is 21.6 Å². The van der Waals surface area contributed by atoms with Crippen molar-refractivity contribution >= 4 is 16.8 Å². The lowest BCUT2D eigenvalue weighted by Gasteiger charge is -2.16. The van der Waals surface area contributed by atoms with Gasteiger partial charge in [0.05, 0.1) is 44.5 Å². The number of carbonyl (C=O) groups excluding carboxylic acids is 1. The van der Waals surface area contributed by atoms with E-state index in [1.54, 1.807) is 39.5 Å². The Hall–Kier alpha value is -3.28. The smallest absolute Gasteiger partial charge is 0.252 e. The van der Waals surface area contributed by atoms with Crippen LogP contribution in [-0.2, 0) is 6.54 Å². The van der Waals surface area contributed by atoms with Gasteiger partial charge in [0.25, 0.3) is 5.91 Å². The van der Waals surface area contributed by atoms with Gasteiger partial charge in [-0.1, -0.05) is 18.2 Å². The molecule has 0 bridgehead atoms. The second-order valence-electron chi connectivity index (χ2n) is 6.02. The zero-order valence-electron chi connectivity index (χ0n) is 15.8. The standard InChI is InChI=1S/C21H22N2O4/c1-13-9-16(15-7-5-6-8-18(15)23-13)21(24)22-12-17-19(26-3)10-14(25-2)11-20(17)27-4/h5-11H,12H2,1-4H3,(H,22,24). The van der Waals surface area contributed by atoms with Crippen molar-refractivity contribution in [1.29, 1.82) is 0 Å². The molecule has 6 heteroatoms. The Kier molecular flexibility index (Phi) is 5.45. The highest BCUT2D eigenvalue weighted by Crippen LogP contribution is 2.34. The molecule has 2 aromatic carbocycles. The minimum atomic E-state index is -0.184. The van der Waals surface area contributed by atoms with Crippen LogP contribution < -0.4 is 19.5 Å². The molecular formula is C21H22N2O4. The second kappa shape index (κ2) is 7.95. The lowest BCUT2D eigenvalue weighted by Crippen LogP contribution is -2.24. The van der Waals surface area contributed by atoms with E-state index in [9.17, 15) is 4.79 Å². The number of rotatable bonds is 6. The number of aromatic nitrogens is 1. The number of nitrogens with one attached hydrogen (secondary N) is 1. The maximum absolute atomic E-state index is 12.9. The van der Waals surface area contributed by atoms with Crippen LogP contribution in [0.2, 0.25) is 0 Å². The Bertz CT molecular complexity index is 960. The quantitative estimate of drug-likeness (QED) is 0.723. The zero-order chi connectivity index (χ0) is 19.4. The van der Waals surface area contributed by atoms with Crippen LogP contribution in [0.4, 0.5) is 0 Å². The van der Waals surface area contributed by atoms with Crippen molar-refractivity contribution in [1.82, 2.24) is 10.3 Å². The van der Waals surface area contributed by atoms with Gasteiger partial charge in [0.1, 0.15) is 17.2 Å². The molecule has 1 heterocycles. The van der Waals surface area contributed by atoms with Gasteiger partial charge in [-0.2, -0.15) is 0 Å². The first-order valence-electron chi connectivity index (χ1n) is 8.50. The number of carbonyl (C=O) groups is 1. The molecule has 0 fully saturated rings. The van der Waals surface area contributed by atoms with Crippen molar-refractivity contribution in [2.75, 3.05) is 21.3 Å². The molecule has 0 radical (unpaired) electrons. The van der Waals surface area contributed by atoms with Crippen LogP contribution in [0, 0.1) is 6.92 Å². The molecule has 0 aliphatic rings. The van der Waals surface area contributed by atoms with Crippen molar-refractivity contribution in [3.63, 3.8) is 0 Å². The Morgan fingerprint density at radius 1 is 1.00 bits per heavy atom. The van der Waals surface area contributed by atoms with Gasteiger partial charge in [0.2, 0.25) is 0 Å². The number of hydrogen-bond donors (Lipinski definition) is 1. The summed E-state index contributed by atoms with van der Waals surface area (Å²) < 4.78 is 16.1.